The molecule has 0 aliphatic heterocycles. The van der Waals surface area contributed by atoms with Crippen molar-refractivity contribution in [3.8, 4) is 11.5 Å². The van der Waals surface area contributed by atoms with Crippen LogP contribution in [0.3, 0.4) is 0 Å². The first-order chi connectivity index (χ1) is 12.8. The van der Waals surface area contributed by atoms with Gasteiger partial charge in [0.1, 0.15) is 11.5 Å². The van der Waals surface area contributed by atoms with Crippen LogP contribution in [0.2, 0.25) is 0 Å². The van der Waals surface area contributed by atoms with Gasteiger partial charge in [-0.3, -0.25) is 4.79 Å². The maximum absolute atomic E-state index is 12.1. The number of carbonyl (C=O) groups is 1. The number of rotatable bonds is 9. The molecule has 0 atom stereocenters. The van der Waals surface area contributed by atoms with Gasteiger partial charge in [0.2, 0.25) is 15.9 Å². The minimum Gasteiger partial charge on any atom is -0.494 e. The van der Waals surface area contributed by atoms with Crippen LogP contribution >= 0.6 is 0 Å². The van der Waals surface area contributed by atoms with E-state index < -0.39 is 10.0 Å². The molecule has 2 aromatic rings. The van der Waals surface area contributed by atoms with Crippen molar-refractivity contribution in [3.63, 3.8) is 0 Å². The minimum atomic E-state index is -3.55. The summed E-state index contributed by atoms with van der Waals surface area (Å²) in [6.45, 7) is 2.71. The molecular formula is C19H24N2O5S. The number of sulfonamides is 1. The first-order valence-corrected chi connectivity index (χ1v) is 9.95. The second kappa shape index (κ2) is 9.38. The lowest BCUT2D eigenvalue weighted by Crippen LogP contribution is -2.22. The lowest BCUT2D eigenvalue weighted by Gasteiger charge is -2.13. The van der Waals surface area contributed by atoms with Gasteiger partial charge in [0, 0.05) is 19.8 Å². The number of hydrogen-bond acceptors (Lipinski definition) is 5. The molecule has 0 spiro atoms. The van der Waals surface area contributed by atoms with Gasteiger partial charge in [-0.25, -0.2) is 12.7 Å². The summed E-state index contributed by atoms with van der Waals surface area (Å²) in [7, 11) is -0.634. The number of benzene rings is 2. The van der Waals surface area contributed by atoms with Gasteiger partial charge < -0.3 is 14.8 Å². The molecule has 0 aliphatic rings. The van der Waals surface area contributed by atoms with Crippen molar-refractivity contribution in [2.75, 3.05) is 32.6 Å². The van der Waals surface area contributed by atoms with Crippen LogP contribution in [-0.4, -0.2) is 45.9 Å². The predicted octanol–water partition coefficient (Wildman–Crippen LogP) is 2.74. The third-order valence-electron chi connectivity index (χ3n) is 3.63. The molecule has 0 saturated carbocycles. The highest BCUT2D eigenvalue weighted by molar-refractivity contribution is 7.89. The maximum Gasteiger partial charge on any atom is 0.242 e. The molecule has 0 unspecified atom stereocenters. The molecule has 146 valence electrons. The largest absolute Gasteiger partial charge is 0.494 e. The number of nitrogens with one attached hydrogen (secondary N) is 1. The highest BCUT2D eigenvalue weighted by Crippen LogP contribution is 2.19. The van der Waals surface area contributed by atoms with Crippen LogP contribution in [-0.2, 0) is 14.8 Å². The Bertz CT molecular complexity index is 864. The summed E-state index contributed by atoms with van der Waals surface area (Å²) < 4.78 is 36.3. The van der Waals surface area contributed by atoms with Gasteiger partial charge in [0.05, 0.1) is 24.5 Å². The maximum atomic E-state index is 12.1. The summed E-state index contributed by atoms with van der Waals surface area (Å²) in [5.41, 5.74) is 0.420. The van der Waals surface area contributed by atoms with Crippen LogP contribution in [0.15, 0.2) is 53.4 Å². The molecule has 27 heavy (non-hydrogen) atoms. The smallest absolute Gasteiger partial charge is 0.242 e. The van der Waals surface area contributed by atoms with E-state index >= 15 is 0 Å². The van der Waals surface area contributed by atoms with Crippen LogP contribution in [0, 0.1) is 0 Å². The molecule has 0 radical (unpaired) electrons. The summed E-state index contributed by atoms with van der Waals surface area (Å²) in [4.78, 5) is 12.2. The van der Waals surface area contributed by atoms with Gasteiger partial charge in [-0.15, -0.1) is 0 Å². The van der Waals surface area contributed by atoms with E-state index in [0.29, 0.717) is 18.0 Å². The Hall–Kier alpha value is -2.58. The molecule has 2 aromatic carbocycles. The van der Waals surface area contributed by atoms with Crippen LogP contribution in [0.25, 0.3) is 0 Å². The molecule has 2 rings (SSSR count). The zero-order chi connectivity index (χ0) is 19.9. The third kappa shape index (κ3) is 5.97. The highest BCUT2D eigenvalue weighted by atomic mass is 32.2. The first-order valence-electron chi connectivity index (χ1n) is 8.51. The first kappa shape index (κ1) is 20.7. The highest BCUT2D eigenvalue weighted by Gasteiger charge is 2.17. The van der Waals surface area contributed by atoms with Gasteiger partial charge in [-0.1, -0.05) is 6.07 Å². The van der Waals surface area contributed by atoms with Gasteiger partial charge in [0.25, 0.3) is 0 Å². The Morgan fingerprint density at radius 2 is 1.67 bits per heavy atom. The summed E-state index contributed by atoms with van der Waals surface area (Å²) in [5, 5.41) is 2.68. The number of amides is 1. The number of anilines is 1. The zero-order valence-electron chi connectivity index (χ0n) is 15.6. The Balaban J connectivity index is 1.87. The van der Waals surface area contributed by atoms with Gasteiger partial charge in [-0.2, -0.15) is 0 Å². The fraction of sp³-hybridized carbons (Fsp3) is 0.316. The summed E-state index contributed by atoms with van der Waals surface area (Å²) in [6, 6.07) is 13.3. The molecule has 0 saturated heterocycles. The van der Waals surface area contributed by atoms with Gasteiger partial charge in [0.15, 0.2) is 0 Å². The second-order valence-electron chi connectivity index (χ2n) is 5.87. The average molecular weight is 392 g/mol. The minimum absolute atomic E-state index is 0.121. The second-order valence-corrected chi connectivity index (χ2v) is 8.02. The molecule has 0 aromatic heterocycles. The number of nitrogens with zero attached hydrogens (tertiary/aromatic N) is 1. The predicted molar refractivity (Wildman–Crippen MR) is 104 cm³/mol. The van der Waals surface area contributed by atoms with E-state index in [1.54, 1.807) is 36.4 Å². The van der Waals surface area contributed by atoms with Crippen molar-refractivity contribution < 1.29 is 22.7 Å². The van der Waals surface area contributed by atoms with Crippen LogP contribution in [0.5, 0.6) is 11.5 Å². The molecule has 0 fully saturated rings. The molecule has 1 amide bonds. The Morgan fingerprint density at radius 3 is 2.26 bits per heavy atom. The van der Waals surface area contributed by atoms with E-state index in [0.717, 1.165) is 10.1 Å². The standard InChI is InChI=1S/C19H24N2O5S/c1-4-25-16-8-10-17(11-9-16)26-13-12-19(22)20-15-6-5-7-18(14-15)27(23,24)21(2)3/h5-11,14H,4,12-13H2,1-3H3,(H,20,22). The molecular weight excluding hydrogens is 368 g/mol. The summed E-state index contributed by atoms with van der Waals surface area (Å²) in [5.74, 6) is 1.14. The SMILES string of the molecule is CCOc1ccc(OCCC(=O)Nc2cccc(S(=O)(=O)N(C)C)c2)cc1. The Kier molecular flexibility index (Phi) is 7.20. The molecule has 0 heterocycles. The van der Waals surface area contributed by atoms with Crippen LogP contribution in [0.1, 0.15) is 13.3 Å². The van der Waals surface area contributed by atoms with E-state index in [-0.39, 0.29) is 23.8 Å². The number of carbonyl (C=O) groups excluding carboxylic acids is 1. The topological polar surface area (TPSA) is 84.9 Å². The third-order valence-corrected chi connectivity index (χ3v) is 5.44. The van der Waals surface area contributed by atoms with Crippen molar-refractivity contribution in [2.24, 2.45) is 0 Å². The van der Waals surface area contributed by atoms with E-state index in [1.165, 1.54) is 26.2 Å². The van der Waals surface area contributed by atoms with E-state index in [9.17, 15) is 13.2 Å². The van der Waals surface area contributed by atoms with Crippen molar-refractivity contribution in [2.45, 2.75) is 18.2 Å². The van der Waals surface area contributed by atoms with E-state index in [1.807, 2.05) is 6.92 Å². The summed E-state index contributed by atoms with van der Waals surface area (Å²) in [6.07, 6.45) is 0.137. The molecule has 0 bridgehead atoms. The fourth-order valence-corrected chi connectivity index (χ4v) is 3.18. The molecule has 1 N–H and O–H groups in total. The van der Waals surface area contributed by atoms with Gasteiger partial charge >= 0.3 is 0 Å². The van der Waals surface area contributed by atoms with Crippen molar-refractivity contribution in [1.29, 1.82) is 0 Å². The Labute approximate surface area is 160 Å². The van der Waals surface area contributed by atoms with Crippen LogP contribution in [0.4, 0.5) is 5.69 Å². The van der Waals surface area contributed by atoms with Gasteiger partial charge in [-0.05, 0) is 49.4 Å². The summed E-state index contributed by atoms with van der Waals surface area (Å²) >= 11 is 0. The lowest BCUT2D eigenvalue weighted by molar-refractivity contribution is -0.116. The number of hydrogen-bond donors (Lipinski definition) is 1. The number of ether oxygens (including phenoxy) is 2. The molecule has 0 aliphatic carbocycles. The van der Waals surface area contributed by atoms with Crippen molar-refractivity contribution >= 4 is 21.6 Å². The monoisotopic (exact) mass is 392 g/mol. The molecule has 8 heteroatoms. The quantitative estimate of drug-likeness (QED) is 0.709. The van der Waals surface area contributed by atoms with Crippen molar-refractivity contribution in [3.05, 3.63) is 48.5 Å². The average Bonchev–Trinajstić information content (AvgIpc) is 2.63. The Morgan fingerprint density at radius 1 is 1.04 bits per heavy atom. The van der Waals surface area contributed by atoms with E-state index in [2.05, 4.69) is 5.32 Å². The zero-order valence-corrected chi connectivity index (χ0v) is 16.5. The fourth-order valence-electron chi connectivity index (χ4n) is 2.23. The molecule has 7 nitrogen and oxygen atoms in total. The van der Waals surface area contributed by atoms with Crippen LogP contribution < -0.4 is 14.8 Å². The normalized spacial score (nSPS) is 11.3. The van der Waals surface area contributed by atoms with Crippen molar-refractivity contribution in [1.82, 2.24) is 4.31 Å². The van der Waals surface area contributed by atoms with E-state index in [4.69, 9.17) is 9.47 Å². The lowest BCUT2D eigenvalue weighted by atomic mass is 10.3.